The smallest absolute Gasteiger partial charge is 0.174 e. The summed E-state index contributed by atoms with van der Waals surface area (Å²) in [5.41, 5.74) is 2.89. The van der Waals surface area contributed by atoms with Crippen molar-refractivity contribution < 1.29 is 4.79 Å². The molecule has 2 aromatic carbocycles. The average Bonchev–Trinajstić information content (AvgIpc) is 2.56. The van der Waals surface area contributed by atoms with Gasteiger partial charge in [-0.3, -0.25) is 4.79 Å². The highest BCUT2D eigenvalue weighted by Gasteiger charge is 2.21. The molecule has 0 saturated carbocycles. The molecule has 1 heteroatoms. The second-order valence-electron chi connectivity index (χ2n) is 5.01. The number of hydrogen-bond acceptors (Lipinski definition) is 1. The molecule has 0 radical (unpaired) electrons. The SMILES string of the molecule is O=C(c1ccccc1)C1C=CC=CC1=Cc1ccccc1. The van der Waals surface area contributed by atoms with Crippen molar-refractivity contribution in [3.05, 3.63) is 102 Å². The fraction of sp³-hybridized carbons (Fsp3) is 0.0500. The first kappa shape index (κ1) is 13.3. The van der Waals surface area contributed by atoms with Crippen molar-refractivity contribution in [2.45, 2.75) is 0 Å². The van der Waals surface area contributed by atoms with Gasteiger partial charge in [0.05, 0.1) is 5.92 Å². The quantitative estimate of drug-likeness (QED) is 0.740. The van der Waals surface area contributed by atoms with E-state index >= 15 is 0 Å². The van der Waals surface area contributed by atoms with Gasteiger partial charge in [0, 0.05) is 5.56 Å². The van der Waals surface area contributed by atoms with Crippen LogP contribution in [0.3, 0.4) is 0 Å². The van der Waals surface area contributed by atoms with Crippen molar-refractivity contribution >= 4 is 11.9 Å². The highest BCUT2D eigenvalue weighted by Crippen LogP contribution is 2.25. The normalized spacial score (nSPS) is 18.9. The molecule has 102 valence electrons. The topological polar surface area (TPSA) is 17.1 Å². The Labute approximate surface area is 124 Å². The third kappa shape index (κ3) is 3.09. The first-order valence-corrected chi connectivity index (χ1v) is 7.05. The van der Waals surface area contributed by atoms with Crippen molar-refractivity contribution in [2.75, 3.05) is 0 Å². The Bertz CT molecular complexity index is 706. The second-order valence-corrected chi connectivity index (χ2v) is 5.01. The van der Waals surface area contributed by atoms with Crippen LogP contribution in [0.1, 0.15) is 15.9 Å². The maximum atomic E-state index is 12.7. The van der Waals surface area contributed by atoms with Crippen LogP contribution in [0.25, 0.3) is 6.08 Å². The standard InChI is InChI=1S/C20H16O/c21-20(17-11-5-2-6-12-17)19-14-8-7-13-18(19)15-16-9-3-1-4-10-16/h1-15,19H. The van der Waals surface area contributed by atoms with Gasteiger partial charge in [-0.15, -0.1) is 0 Å². The molecule has 1 aliphatic rings. The summed E-state index contributed by atoms with van der Waals surface area (Å²) in [5.74, 6) is -0.0732. The molecular weight excluding hydrogens is 256 g/mol. The van der Waals surface area contributed by atoms with E-state index in [0.717, 1.165) is 16.7 Å². The maximum absolute atomic E-state index is 12.7. The van der Waals surface area contributed by atoms with Gasteiger partial charge in [-0.2, -0.15) is 0 Å². The minimum atomic E-state index is -0.211. The van der Waals surface area contributed by atoms with E-state index in [-0.39, 0.29) is 11.7 Å². The number of ketones is 1. The van der Waals surface area contributed by atoms with Gasteiger partial charge in [-0.25, -0.2) is 0 Å². The van der Waals surface area contributed by atoms with Crippen LogP contribution in [0.4, 0.5) is 0 Å². The van der Waals surface area contributed by atoms with Crippen LogP contribution in [-0.2, 0) is 0 Å². The molecule has 0 heterocycles. The Morgan fingerprint density at radius 1 is 0.857 bits per heavy atom. The number of hydrogen-bond donors (Lipinski definition) is 0. The third-order valence-electron chi connectivity index (χ3n) is 3.54. The van der Waals surface area contributed by atoms with Crippen LogP contribution in [-0.4, -0.2) is 5.78 Å². The van der Waals surface area contributed by atoms with E-state index in [1.165, 1.54) is 0 Å². The van der Waals surface area contributed by atoms with E-state index in [0.29, 0.717) is 0 Å². The molecule has 3 rings (SSSR count). The van der Waals surface area contributed by atoms with Gasteiger partial charge in [-0.1, -0.05) is 91.0 Å². The molecule has 0 aliphatic heterocycles. The molecule has 1 atom stereocenters. The Morgan fingerprint density at radius 3 is 2.24 bits per heavy atom. The first-order valence-electron chi connectivity index (χ1n) is 7.05. The Hall–Kier alpha value is -2.67. The second kappa shape index (κ2) is 6.19. The molecular formula is C20H16O. The van der Waals surface area contributed by atoms with Crippen molar-refractivity contribution in [3.8, 4) is 0 Å². The van der Waals surface area contributed by atoms with E-state index in [4.69, 9.17) is 0 Å². The highest BCUT2D eigenvalue weighted by molar-refractivity contribution is 6.02. The zero-order chi connectivity index (χ0) is 14.5. The summed E-state index contributed by atoms with van der Waals surface area (Å²) in [6, 6.07) is 19.5. The van der Waals surface area contributed by atoms with E-state index in [2.05, 4.69) is 6.08 Å². The zero-order valence-electron chi connectivity index (χ0n) is 11.6. The summed E-state index contributed by atoms with van der Waals surface area (Å²) in [6.07, 6.45) is 9.96. The number of rotatable bonds is 3. The fourth-order valence-corrected chi connectivity index (χ4v) is 2.46. The Balaban J connectivity index is 1.93. The Morgan fingerprint density at radius 2 is 1.52 bits per heavy atom. The summed E-state index contributed by atoms with van der Waals surface area (Å²) in [6.45, 7) is 0. The van der Waals surface area contributed by atoms with E-state index in [1.807, 2.05) is 85.0 Å². The summed E-state index contributed by atoms with van der Waals surface area (Å²) < 4.78 is 0. The summed E-state index contributed by atoms with van der Waals surface area (Å²) >= 11 is 0. The molecule has 21 heavy (non-hydrogen) atoms. The lowest BCUT2D eigenvalue weighted by molar-refractivity contribution is 0.0962. The lowest BCUT2D eigenvalue weighted by Gasteiger charge is -2.16. The molecule has 0 N–H and O–H groups in total. The van der Waals surface area contributed by atoms with E-state index < -0.39 is 0 Å². The summed E-state index contributed by atoms with van der Waals surface area (Å²) in [5, 5.41) is 0. The predicted octanol–water partition coefficient (Wildman–Crippen LogP) is 4.70. The predicted molar refractivity (Wildman–Crippen MR) is 87.0 cm³/mol. The van der Waals surface area contributed by atoms with Crippen LogP contribution < -0.4 is 0 Å². The molecule has 1 aliphatic carbocycles. The zero-order valence-corrected chi connectivity index (χ0v) is 11.6. The lowest BCUT2D eigenvalue weighted by atomic mass is 9.86. The average molecular weight is 272 g/mol. The van der Waals surface area contributed by atoms with Crippen LogP contribution in [0, 0.1) is 5.92 Å². The van der Waals surface area contributed by atoms with Gasteiger partial charge in [0.25, 0.3) is 0 Å². The highest BCUT2D eigenvalue weighted by atomic mass is 16.1. The molecule has 1 unspecified atom stereocenters. The van der Waals surface area contributed by atoms with Crippen LogP contribution in [0.2, 0.25) is 0 Å². The minimum Gasteiger partial charge on any atom is -0.293 e. The van der Waals surface area contributed by atoms with Crippen LogP contribution >= 0.6 is 0 Å². The van der Waals surface area contributed by atoms with E-state index in [1.54, 1.807) is 0 Å². The molecule has 2 aromatic rings. The lowest BCUT2D eigenvalue weighted by Crippen LogP contribution is -2.15. The number of allylic oxidation sites excluding steroid dienone is 5. The van der Waals surface area contributed by atoms with Gasteiger partial charge in [0.2, 0.25) is 0 Å². The molecule has 0 fully saturated rings. The molecule has 0 saturated heterocycles. The van der Waals surface area contributed by atoms with Gasteiger partial charge in [-0.05, 0) is 11.1 Å². The third-order valence-corrected chi connectivity index (χ3v) is 3.54. The molecule has 0 aromatic heterocycles. The van der Waals surface area contributed by atoms with Crippen molar-refractivity contribution in [1.29, 1.82) is 0 Å². The van der Waals surface area contributed by atoms with Crippen molar-refractivity contribution in [3.63, 3.8) is 0 Å². The molecule has 0 amide bonds. The number of carbonyl (C=O) groups is 1. The van der Waals surface area contributed by atoms with Crippen LogP contribution in [0.5, 0.6) is 0 Å². The molecule has 0 bridgehead atoms. The van der Waals surface area contributed by atoms with Gasteiger partial charge >= 0.3 is 0 Å². The van der Waals surface area contributed by atoms with Crippen LogP contribution in [0.15, 0.2) is 90.5 Å². The fourth-order valence-electron chi connectivity index (χ4n) is 2.46. The van der Waals surface area contributed by atoms with Gasteiger partial charge < -0.3 is 0 Å². The number of Topliss-reactive ketones (excluding diaryl/α,β-unsaturated/α-hetero) is 1. The van der Waals surface area contributed by atoms with Crippen molar-refractivity contribution in [1.82, 2.24) is 0 Å². The van der Waals surface area contributed by atoms with Gasteiger partial charge in [0.15, 0.2) is 5.78 Å². The molecule has 1 nitrogen and oxygen atoms in total. The monoisotopic (exact) mass is 272 g/mol. The molecule has 0 spiro atoms. The largest absolute Gasteiger partial charge is 0.293 e. The summed E-state index contributed by atoms with van der Waals surface area (Å²) in [7, 11) is 0. The summed E-state index contributed by atoms with van der Waals surface area (Å²) in [4.78, 5) is 12.7. The minimum absolute atomic E-state index is 0.137. The maximum Gasteiger partial charge on any atom is 0.174 e. The Kier molecular flexibility index (Phi) is 3.92. The van der Waals surface area contributed by atoms with E-state index in [9.17, 15) is 4.79 Å². The first-order chi connectivity index (χ1) is 10.3. The van der Waals surface area contributed by atoms with Gasteiger partial charge in [0.1, 0.15) is 0 Å². The number of carbonyl (C=O) groups excluding carboxylic acids is 1. The van der Waals surface area contributed by atoms with Crippen molar-refractivity contribution in [2.24, 2.45) is 5.92 Å². The number of benzene rings is 2.